The van der Waals surface area contributed by atoms with Crippen LogP contribution in [0, 0.1) is 11.8 Å². The van der Waals surface area contributed by atoms with E-state index in [4.69, 9.17) is 4.74 Å². The second-order valence-electron chi connectivity index (χ2n) is 9.71. The predicted octanol–water partition coefficient (Wildman–Crippen LogP) is 9.64. The number of ether oxygens (including phenoxy) is 1. The molecule has 0 aromatic rings. The van der Waals surface area contributed by atoms with E-state index in [1.54, 1.807) is 0 Å². The van der Waals surface area contributed by atoms with Crippen LogP contribution in [0.1, 0.15) is 156 Å². The van der Waals surface area contributed by atoms with Crippen molar-refractivity contribution in [3.63, 3.8) is 0 Å². The van der Waals surface area contributed by atoms with Gasteiger partial charge >= 0.3 is 5.97 Å². The summed E-state index contributed by atoms with van der Waals surface area (Å²) in [6.45, 7) is 9.42. The SMILES string of the molecule is CCCCCCCCCCCCC(CCCCCCC)COC(=O)C(C)CCCC. The molecule has 30 heavy (non-hydrogen) atoms. The maximum absolute atomic E-state index is 12.3. The Morgan fingerprint density at radius 3 is 1.40 bits per heavy atom. The van der Waals surface area contributed by atoms with E-state index in [0.717, 1.165) is 19.3 Å². The molecule has 0 aromatic heterocycles. The Labute approximate surface area is 190 Å². The Kier molecular flexibility index (Phi) is 22.7. The minimum absolute atomic E-state index is 0.0301. The molecule has 0 saturated carbocycles. The van der Waals surface area contributed by atoms with Crippen LogP contribution in [-0.2, 0) is 9.53 Å². The number of carbonyl (C=O) groups is 1. The van der Waals surface area contributed by atoms with Gasteiger partial charge in [0.25, 0.3) is 0 Å². The highest BCUT2D eigenvalue weighted by Crippen LogP contribution is 2.21. The normalized spacial score (nSPS) is 13.3. The Hall–Kier alpha value is -0.530. The van der Waals surface area contributed by atoms with Crippen LogP contribution in [0.15, 0.2) is 0 Å². The first-order valence-corrected chi connectivity index (χ1v) is 13.8. The maximum atomic E-state index is 12.3. The largest absolute Gasteiger partial charge is 0.465 e. The molecule has 2 atom stereocenters. The van der Waals surface area contributed by atoms with Gasteiger partial charge in [0, 0.05) is 0 Å². The van der Waals surface area contributed by atoms with Gasteiger partial charge in [-0.15, -0.1) is 0 Å². The standard InChI is InChI=1S/C28H56O2/c1-5-8-11-13-14-15-16-17-19-21-24-27(23-20-18-12-9-6-2)25-30-28(29)26(4)22-10-7-3/h26-27H,5-25H2,1-4H3. The number of unbranched alkanes of at least 4 members (excludes halogenated alkanes) is 14. The fourth-order valence-electron chi connectivity index (χ4n) is 4.24. The quantitative estimate of drug-likeness (QED) is 0.120. The topological polar surface area (TPSA) is 26.3 Å². The Bertz CT molecular complexity index is 353. The van der Waals surface area contributed by atoms with Crippen LogP contribution in [0.5, 0.6) is 0 Å². The lowest BCUT2D eigenvalue weighted by molar-refractivity contribution is -0.149. The number of carbonyl (C=O) groups excluding carboxylic acids is 1. The second-order valence-corrected chi connectivity index (χ2v) is 9.71. The first-order chi connectivity index (χ1) is 14.7. The molecule has 0 amide bonds. The molecular formula is C28H56O2. The first kappa shape index (κ1) is 29.5. The molecule has 0 rings (SSSR count). The summed E-state index contributed by atoms with van der Waals surface area (Å²) in [6.07, 6.45) is 26.2. The van der Waals surface area contributed by atoms with Crippen LogP contribution in [0.4, 0.5) is 0 Å². The van der Waals surface area contributed by atoms with Crippen molar-refractivity contribution >= 4 is 5.97 Å². The smallest absolute Gasteiger partial charge is 0.308 e. The minimum atomic E-state index is 0.0301. The average molecular weight is 425 g/mol. The minimum Gasteiger partial charge on any atom is -0.465 e. The predicted molar refractivity (Wildman–Crippen MR) is 133 cm³/mol. The molecule has 0 spiro atoms. The van der Waals surface area contributed by atoms with Crippen LogP contribution in [0.25, 0.3) is 0 Å². The zero-order chi connectivity index (χ0) is 22.3. The Morgan fingerprint density at radius 1 is 0.567 bits per heavy atom. The molecule has 0 saturated heterocycles. The molecule has 0 fully saturated rings. The molecule has 0 heterocycles. The molecule has 0 aliphatic carbocycles. The molecule has 2 nitrogen and oxygen atoms in total. The first-order valence-electron chi connectivity index (χ1n) is 13.8. The number of esters is 1. The summed E-state index contributed by atoms with van der Waals surface area (Å²) in [4.78, 5) is 12.3. The van der Waals surface area contributed by atoms with Gasteiger partial charge in [0.1, 0.15) is 0 Å². The zero-order valence-corrected chi connectivity index (χ0v) is 21.3. The highest BCUT2D eigenvalue weighted by Gasteiger charge is 2.17. The fraction of sp³-hybridized carbons (Fsp3) is 0.964. The van der Waals surface area contributed by atoms with Crippen LogP contribution < -0.4 is 0 Å². The van der Waals surface area contributed by atoms with Crippen molar-refractivity contribution in [1.82, 2.24) is 0 Å². The van der Waals surface area contributed by atoms with Gasteiger partial charge in [-0.1, -0.05) is 137 Å². The van der Waals surface area contributed by atoms with Gasteiger partial charge in [0.2, 0.25) is 0 Å². The molecule has 0 N–H and O–H groups in total. The summed E-state index contributed by atoms with van der Waals surface area (Å²) in [5.74, 6) is 0.665. The van der Waals surface area contributed by atoms with Crippen molar-refractivity contribution in [2.45, 2.75) is 156 Å². The summed E-state index contributed by atoms with van der Waals surface area (Å²) >= 11 is 0. The fourth-order valence-corrected chi connectivity index (χ4v) is 4.24. The van der Waals surface area contributed by atoms with Crippen molar-refractivity contribution < 1.29 is 9.53 Å². The maximum Gasteiger partial charge on any atom is 0.308 e. The van der Waals surface area contributed by atoms with E-state index >= 15 is 0 Å². The molecule has 0 bridgehead atoms. The average Bonchev–Trinajstić information content (AvgIpc) is 2.75. The van der Waals surface area contributed by atoms with Crippen molar-refractivity contribution in [2.75, 3.05) is 6.61 Å². The monoisotopic (exact) mass is 424 g/mol. The third-order valence-corrected chi connectivity index (χ3v) is 6.54. The van der Waals surface area contributed by atoms with Gasteiger partial charge in [-0.25, -0.2) is 0 Å². The Balaban J connectivity index is 4.01. The van der Waals surface area contributed by atoms with E-state index in [-0.39, 0.29) is 11.9 Å². The summed E-state index contributed by atoms with van der Waals surface area (Å²) in [5, 5.41) is 0. The van der Waals surface area contributed by atoms with Crippen molar-refractivity contribution in [3.8, 4) is 0 Å². The summed E-state index contributed by atoms with van der Waals surface area (Å²) in [5.41, 5.74) is 0. The van der Waals surface area contributed by atoms with Crippen molar-refractivity contribution in [1.29, 1.82) is 0 Å². The molecule has 0 aromatic carbocycles. The summed E-state index contributed by atoms with van der Waals surface area (Å²) in [7, 11) is 0. The summed E-state index contributed by atoms with van der Waals surface area (Å²) in [6, 6.07) is 0. The molecule has 0 radical (unpaired) electrons. The molecule has 0 aliphatic heterocycles. The van der Waals surface area contributed by atoms with Gasteiger partial charge in [-0.3, -0.25) is 4.79 Å². The number of hydrogen-bond acceptors (Lipinski definition) is 2. The summed E-state index contributed by atoms with van der Waals surface area (Å²) < 4.78 is 5.74. The van der Waals surface area contributed by atoms with Crippen molar-refractivity contribution in [3.05, 3.63) is 0 Å². The third-order valence-electron chi connectivity index (χ3n) is 6.54. The van der Waals surface area contributed by atoms with Crippen LogP contribution >= 0.6 is 0 Å². The highest BCUT2D eigenvalue weighted by atomic mass is 16.5. The Morgan fingerprint density at radius 2 is 0.967 bits per heavy atom. The lowest BCUT2D eigenvalue weighted by Gasteiger charge is -2.19. The van der Waals surface area contributed by atoms with Crippen LogP contribution in [-0.4, -0.2) is 12.6 Å². The van der Waals surface area contributed by atoms with Crippen molar-refractivity contribution in [2.24, 2.45) is 11.8 Å². The highest BCUT2D eigenvalue weighted by molar-refractivity contribution is 5.71. The molecule has 180 valence electrons. The second kappa shape index (κ2) is 23.1. The van der Waals surface area contributed by atoms with E-state index in [1.807, 2.05) is 6.92 Å². The van der Waals surface area contributed by atoms with Gasteiger partial charge in [0.05, 0.1) is 12.5 Å². The van der Waals surface area contributed by atoms with Gasteiger partial charge in [0.15, 0.2) is 0 Å². The third kappa shape index (κ3) is 19.4. The van der Waals surface area contributed by atoms with E-state index in [0.29, 0.717) is 12.5 Å². The van der Waals surface area contributed by atoms with E-state index < -0.39 is 0 Å². The molecule has 2 heteroatoms. The van der Waals surface area contributed by atoms with E-state index in [9.17, 15) is 4.79 Å². The van der Waals surface area contributed by atoms with Gasteiger partial charge in [-0.05, 0) is 25.2 Å². The molecule has 2 unspecified atom stereocenters. The number of rotatable bonds is 23. The molecular weight excluding hydrogens is 368 g/mol. The van der Waals surface area contributed by atoms with Gasteiger partial charge in [-0.2, -0.15) is 0 Å². The van der Waals surface area contributed by atoms with E-state index in [1.165, 1.54) is 109 Å². The van der Waals surface area contributed by atoms with Gasteiger partial charge < -0.3 is 4.74 Å². The number of hydrogen-bond donors (Lipinski definition) is 0. The lowest BCUT2D eigenvalue weighted by atomic mass is 9.94. The lowest BCUT2D eigenvalue weighted by Crippen LogP contribution is -2.19. The zero-order valence-electron chi connectivity index (χ0n) is 21.3. The molecule has 0 aliphatic rings. The van der Waals surface area contributed by atoms with Crippen LogP contribution in [0.3, 0.4) is 0 Å². The van der Waals surface area contributed by atoms with Crippen LogP contribution in [0.2, 0.25) is 0 Å². The van der Waals surface area contributed by atoms with E-state index in [2.05, 4.69) is 20.8 Å².